The van der Waals surface area contributed by atoms with Crippen LogP contribution in [0, 0.1) is 6.92 Å². The quantitative estimate of drug-likeness (QED) is 0.708. The first-order valence-corrected chi connectivity index (χ1v) is 6.15. The highest BCUT2D eigenvalue weighted by molar-refractivity contribution is 6.68. The van der Waals surface area contributed by atoms with E-state index in [0.717, 1.165) is 12.1 Å². The maximum Gasteiger partial charge on any atom is 0.416 e. The van der Waals surface area contributed by atoms with Gasteiger partial charge in [0.25, 0.3) is 5.24 Å². The van der Waals surface area contributed by atoms with Gasteiger partial charge in [-0.1, -0.05) is 30.3 Å². The summed E-state index contributed by atoms with van der Waals surface area (Å²) in [5.74, 6) is 0. The second kappa shape index (κ2) is 5.29. The molecule has 0 atom stereocenters. The van der Waals surface area contributed by atoms with Crippen LogP contribution in [0.4, 0.5) is 13.2 Å². The van der Waals surface area contributed by atoms with Crippen LogP contribution in [-0.2, 0) is 6.18 Å². The van der Waals surface area contributed by atoms with Gasteiger partial charge in [-0.3, -0.25) is 4.79 Å². The summed E-state index contributed by atoms with van der Waals surface area (Å²) < 4.78 is 38.4. The molecule has 1 nitrogen and oxygen atoms in total. The fourth-order valence-electron chi connectivity index (χ4n) is 2.09. The molecule has 0 fully saturated rings. The number of hydrogen-bond acceptors (Lipinski definition) is 1. The Labute approximate surface area is 119 Å². The van der Waals surface area contributed by atoms with Crippen LogP contribution in [0.3, 0.4) is 0 Å². The van der Waals surface area contributed by atoms with Crippen LogP contribution in [0.25, 0.3) is 11.1 Å². The van der Waals surface area contributed by atoms with Gasteiger partial charge in [0.1, 0.15) is 0 Å². The molecule has 104 valence electrons. The molecule has 2 aromatic carbocycles. The van der Waals surface area contributed by atoms with Crippen molar-refractivity contribution in [1.29, 1.82) is 0 Å². The number of carbonyl (C=O) groups is 1. The number of hydrogen-bond donors (Lipinski definition) is 0. The summed E-state index contributed by atoms with van der Waals surface area (Å²) in [6, 6.07) is 10.5. The molecule has 0 heterocycles. The maximum absolute atomic E-state index is 12.8. The van der Waals surface area contributed by atoms with Crippen LogP contribution in [0.15, 0.2) is 42.5 Å². The first kappa shape index (κ1) is 14.6. The Kier molecular flexibility index (Phi) is 3.86. The van der Waals surface area contributed by atoms with Crippen LogP contribution < -0.4 is 0 Å². The zero-order valence-corrected chi connectivity index (χ0v) is 11.2. The Balaban J connectivity index is 2.73. The average Bonchev–Trinajstić information content (AvgIpc) is 2.37. The number of rotatable bonds is 2. The lowest BCUT2D eigenvalue weighted by atomic mass is 9.93. The minimum absolute atomic E-state index is 0.134. The summed E-state index contributed by atoms with van der Waals surface area (Å²) in [5.41, 5.74) is 0.431. The van der Waals surface area contributed by atoms with Gasteiger partial charge in [-0.05, 0) is 47.3 Å². The molecule has 20 heavy (non-hydrogen) atoms. The van der Waals surface area contributed by atoms with Crippen molar-refractivity contribution in [2.45, 2.75) is 13.1 Å². The van der Waals surface area contributed by atoms with Gasteiger partial charge in [-0.2, -0.15) is 13.2 Å². The number of halogens is 4. The zero-order chi connectivity index (χ0) is 14.9. The molecule has 0 radical (unpaired) electrons. The fraction of sp³-hybridized carbons (Fsp3) is 0.133. The minimum atomic E-state index is -4.51. The van der Waals surface area contributed by atoms with Gasteiger partial charge in [0, 0.05) is 5.56 Å². The van der Waals surface area contributed by atoms with E-state index in [-0.39, 0.29) is 5.56 Å². The largest absolute Gasteiger partial charge is 0.416 e. The van der Waals surface area contributed by atoms with Crippen molar-refractivity contribution < 1.29 is 18.0 Å². The summed E-state index contributed by atoms with van der Waals surface area (Å²) in [7, 11) is 0. The smallest absolute Gasteiger partial charge is 0.276 e. The molecule has 0 saturated carbocycles. The molecule has 0 unspecified atom stereocenters. The SMILES string of the molecule is Cc1cc(C(F)(F)F)cc(C(=O)Cl)c1-c1ccccc1. The number of carbonyl (C=O) groups excluding carboxylic acids is 1. The highest BCUT2D eigenvalue weighted by atomic mass is 35.5. The van der Waals surface area contributed by atoms with E-state index in [2.05, 4.69) is 0 Å². The second-order valence-corrected chi connectivity index (χ2v) is 4.70. The Bertz CT molecular complexity index is 648. The Hall–Kier alpha value is -1.81. The number of aryl methyl sites for hydroxylation is 1. The molecule has 5 heteroatoms. The Morgan fingerprint density at radius 2 is 1.70 bits per heavy atom. The summed E-state index contributed by atoms with van der Waals surface area (Å²) >= 11 is 5.45. The first-order chi connectivity index (χ1) is 9.30. The Morgan fingerprint density at radius 1 is 1.10 bits per heavy atom. The van der Waals surface area contributed by atoms with E-state index in [4.69, 9.17) is 11.6 Å². The topological polar surface area (TPSA) is 17.1 Å². The maximum atomic E-state index is 12.8. The summed E-state index contributed by atoms with van der Waals surface area (Å²) in [4.78, 5) is 11.5. The van der Waals surface area contributed by atoms with Crippen LogP contribution in [0.1, 0.15) is 21.5 Å². The number of benzene rings is 2. The van der Waals surface area contributed by atoms with Crippen LogP contribution >= 0.6 is 11.6 Å². The monoisotopic (exact) mass is 298 g/mol. The fourth-order valence-corrected chi connectivity index (χ4v) is 2.24. The van der Waals surface area contributed by atoms with Crippen LogP contribution in [-0.4, -0.2) is 5.24 Å². The first-order valence-electron chi connectivity index (χ1n) is 5.78. The molecule has 0 saturated heterocycles. The Morgan fingerprint density at radius 3 is 2.20 bits per heavy atom. The summed E-state index contributed by atoms with van der Waals surface area (Å²) in [6.07, 6.45) is -4.51. The number of alkyl halides is 3. The lowest BCUT2D eigenvalue weighted by molar-refractivity contribution is -0.137. The third-order valence-electron chi connectivity index (χ3n) is 2.94. The third-order valence-corrected chi connectivity index (χ3v) is 3.14. The van der Waals surface area contributed by atoms with Crippen LogP contribution in [0.2, 0.25) is 0 Å². The van der Waals surface area contributed by atoms with Crippen molar-refractivity contribution in [2.24, 2.45) is 0 Å². The molecule has 0 N–H and O–H groups in total. The average molecular weight is 299 g/mol. The summed E-state index contributed by atoms with van der Waals surface area (Å²) in [6.45, 7) is 1.53. The molecule has 0 amide bonds. The molecule has 2 rings (SSSR count). The van der Waals surface area contributed by atoms with Gasteiger partial charge in [0.05, 0.1) is 5.56 Å². The van der Waals surface area contributed by atoms with Crippen molar-refractivity contribution in [2.75, 3.05) is 0 Å². The highest BCUT2D eigenvalue weighted by Crippen LogP contribution is 2.36. The minimum Gasteiger partial charge on any atom is -0.276 e. The predicted octanol–water partition coefficient (Wildman–Crippen LogP) is 5.06. The standard InChI is InChI=1S/C15H10ClF3O/c1-9-7-11(15(17,18)19)8-12(14(16)20)13(9)10-5-3-2-4-6-10/h2-8H,1H3. The molecule has 0 spiro atoms. The van der Waals surface area contributed by atoms with E-state index >= 15 is 0 Å². The molecule has 0 aliphatic carbocycles. The van der Waals surface area contributed by atoms with E-state index in [1.165, 1.54) is 6.92 Å². The molecular formula is C15H10ClF3O. The molecular weight excluding hydrogens is 289 g/mol. The van der Waals surface area contributed by atoms with Crippen LogP contribution in [0.5, 0.6) is 0 Å². The molecule has 0 aliphatic heterocycles. The van der Waals surface area contributed by atoms with E-state index < -0.39 is 17.0 Å². The van der Waals surface area contributed by atoms with E-state index in [0.29, 0.717) is 16.7 Å². The van der Waals surface area contributed by atoms with Gasteiger partial charge >= 0.3 is 6.18 Å². The van der Waals surface area contributed by atoms with Gasteiger partial charge < -0.3 is 0 Å². The molecule has 0 aliphatic rings. The van der Waals surface area contributed by atoms with Crippen molar-refractivity contribution in [3.63, 3.8) is 0 Å². The van der Waals surface area contributed by atoms with Crippen molar-refractivity contribution >= 4 is 16.8 Å². The van der Waals surface area contributed by atoms with E-state index in [9.17, 15) is 18.0 Å². The lowest BCUT2D eigenvalue weighted by Crippen LogP contribution is -2.08. The van der Waals surface area contributed by atoms with Gasteiger partial charge in [-0.25, -0.2) is 0 Å². The third kappa shape index (κ3) is 2.85. The van der Waals surface area contributed by atoms with Crippen molar-refractivity contribution in [3.8, 4) is 11.1 Å². The molecule has 0 aromatic heterocycles. The lowest BCUT2D eigenvalue weighted by Gasteiger charge is -2.15. The van der Waals surface area contributed by atoms with Gasteiger partial charge in [0.15, 0.2) is 0 Å². The summed E-state index contributed by atoms with van der Waals surface area (Å²) in [5, 5.41) is -0.905. The highest BCUT2D eigenvalue weighted by Gasteiger charge is 2.32. The van der Waals surface area contributed by atoms with Gasteiger partial charge in [-0.15, -0.1) is 0 Å². The van der Waals surface area contributed by atoms with E-state index in [1.54, 1.807) is 30.3 Å². The van der Waals surface area contributed by atoms with E-state index in [1.807, 2.05) is 0 Å². The van der Waals surface area contributed by atoms with Crippen molar-refractivity contribution in [3.05, 3.63) is 59.2 Å². The normalized spacial score (nSPS) is 11.4. The van der Waals surface area contributed by atoms with Crippen molar-refractivity contribution in [1.82, 2.24) is 0 Å². The molecule has 2 aromatic rings. The van der Waals surface area contributed by atoms with Gasteiger partial charge in [0.2, 0.25) is 0 Å². The second-order valence-electron chi connectivity index (χ2n) is 4.35. The zero-order valence-electron chi connectivity index (χ0n) is 10.5. The predicted molar refractivity (Wildman–Crippen MR) is 71.8 cm³/mol. The molecule has 0 bridgehead atoms.